The molecule has 21 heavy (non-hydrogen) atoms. The summed E-state index contributed by atoms with van der Waals surface area (Å²) in [6, 6.07) is 8.55. The lowest BCUT2D eigenvalue weighted by molar-refractivity contribution is -0.149. The molecule has 1 atom stereocenters. The fourth-order valence-corrected chi connectivity index (χ4v) is 3.04. The van der Waals surface area contributed by atoms with Gasteiger partial charge in [0.1, 0.15) is 5.54 Å². The average Bonchev–Trinajstić information content (AvgIpc) is 2.46. The van der Waals surface area contributed by atoms with E-state index in [2.05, 4.69) is 43.4 Å². The Bertz CT molecular complexity index is 445. The van der Waals surface area contributed by atoms with E-state index in [1.54, 1.807) is 11.8 Å². The van der Waals surface area contributed by atoms with E-state index in [0.717, 1.165) is 6.54 Å². The molecular formula is C17H27NO2S. The maximum atomic E-state index is 12.1. The standard InChI is InChI=1S/C17H27NO2S/c1-6-18-17(5,16(19)20-7-2)12-21-15-10-8-14(9-11-15)13(3)4/h8-11,13,18H,6-7,12H2,1-5H3. The lowest BCUT2D eigenvalue weighted by Gasteiger charge is -2.27. The van der Waals surface area contributed by atoms with Crippen molar-refractivity contribution in [3.8, 4) is 0 Å². The van der Waals surface area contributed by atoms with E-state index in [1.807, 2.05) is 20.8 Å². The Morgan fingerprint density at radius 3 is 2.38 bits per heavy atom. The molecule has 1 N–H and O–H groups in total. The van der Waals surface area contributed by atoms with E-state index < -0.39 is 5.54 Å². The maximum absolute atomic E-state index is 12.1. The summed E-state index contributed by atoms with van der Waals surface area (Å²) in [5, 5.41) is 3.25. The first-order valence-electron chi connectivity index (χ1n) is 7.58. The first-order valence-corrected chi connectivity index (χ1v) is 8.56. The van der Waals surface area contributed by atoms with E-state index in [1.165, 1.54) is 10.5 Å². The Labute approximate surface area is 132 Å². The van der Waals surface area contributed by atoms with Crippen LogP contribution in [0, 0.1) is 0 Å². The molecule has 0 aliphatic rings. The number of likely N-dealkylation sites (N-methyl/N-ethyl adjacent to an activating group) is 1. The normalized spacial score (nSPS) is 14.0. The van der Waals surface area contributed by atoms with Crippen molar-refractivity contribution < 1.29 is 9.53 Å². The number of carbonyl (C=O) groups excluding carboxylic acids is 1. The van der Waals surface area contributed by atoms with Crippen LogP contribution in [0.4, 0.5) is 0 Å². The molecule has 0 fully saturated rings. The highest BCUT2D eigenvalue weighted by Gasteiger charge is 2.33. The van der Waals surface area contributed by atoms with Gasteiger partial charge >= 0.3 is 5.97 Å². The third kappa shape index (κ3) is 5.36. The Kier molecular flexibility index (Phi) is 7.26. The Morgan fingerprint density at radius 1 is 1.29 bits per heavy atom. The molecule has 0 heterocycles. The number of carbonyl (C=O) groups is 1. The zero-order valence-corrected chi connectivity index (χ0v) is 14.5. The van der Waals surface area contributed by atoms with Crippen LogP contribution in [-0.2, 0) is 9.53 Å². The molecule has 0 amide bonds. The van der Waals surface area contributed by atoms with E-state index in [-0.39, 0.29) is 5.97 Å². The van der Waals surface area contributed by atoms with Gasteiger partial charge < -0.3 is 10.1 Å². The minimum absolute atomic E-state index is 0.182. The first kappa shape index (κ1) is 18.1. The summed E-state index contributed by atoms with van der Waals surface area (Å²) in [5.41, 5.74) is 0.686. The van der Waals surface area contributed by atoms with Crippen LogP contribution in [0.5, 0.6) is 0 Å². The lowest BCUT2D eigenvalue weighted by atomic mass is 10.0. The monoisotopic (exact) mass is 309 g/mol. The molecule has 3 nitrogen and oxygen atoms in total. The van der Waals surface area contributed by atoms with Gasteiger partial charge in [0, 0.05) is 10.6 Å². The molecule has 0 aliphatic carbocycles. The van der Waals surface area contributed by atoms with Gasteiger partial charge in [0.2, 0.25) is 0 Å². The average molecular weight is 309 g/mol. The van der Waals surface area contributed by atoms with Gasteiger partial charge in [-0.2, -0.15) is 0 Å². The summed E-state index contributed by atoms with van der Waals surface area (Å²) in [6.07, 6.45) is 0. The molecule has 0 saturated heterocycles. The minimum atomic E-state index is -0.647. The van der Waals surface area contributed by atoms with E-state index in [4.69, 9.17) is 4.74 Å². The number of hydrogen-bond acceptors (Lipinski definition) is 4. The molecule has 0 bridgehead atoms. The largest absolute Gasteiger partial charge is 0.465 e. The molecule has 118 valence electrons. The summed E-state index contributed by atoms with van der Waals surface area (Å²) in [7, 11) is 0. The van der Waals surface area contributed by atoms with Crippen molar-refractivity contribution >= 4 is 17.7 Å². The first-order chi connectivity index (χ1) is 9.92. The fraction of sp³-hybridized carbons (Fsp3) is 0.588. The van der Waals surface area contributed by atoms with Gasteiger partial charge in [0.25, 0.3) is 0 Å². The zero-order chi connectivity index (χ0) is 15.9. The van der Waals surface area contributed by atoms with Gasteiger partial charge in [0.15, 0.2) is 0 Å². The molecule has 0 spiro atoms. The SMILES string of the molecule is CCNC(C)(CSc1ccc(C(C)C)cc1)C(=O)OCC. The van der Waals surface area contributed by atoms with Crippen LogP contribution in [0.3, 0.4) is 0 Å². The Balaban J connectivity index is 2.70. The second-order valence-corrected chi connectivity index (χ2v) is 6.64. The van der Waals surface area contributed by atoms with Crippen LogP contribution < -0.4 is 5.32 Å². The second kappa shape index (κ2) is 8.44. The van der Waals surface area contributed by atoms with Crippen molar-refractivity contribution in [3.05, 3.63) is 29.8 Å². The number of nitrogens with one attached hydrogen (secondary N) is 1. The summed E-state index contributed by atoms with van der Waals surface area (Å²) >= 11 is 1.68. The molecule has 0 radical (unpaired) electrons. The van der Waals surface area contributed by atoms with Crippen LogP contribution in [0.2, 0.25) is 0 Å². The van der Waals surface area contributed by atoms with Gasteiger partial charge in [-0.1, -0.05) is 32.9 Å². The number of hydrogen-bond donors (Lipinski definition) is 1. The van der Waals surface area contributed by atoms with Gasteiger partial charge in [-0.15, -0.1) is 11.8 Å². The molecule has 0 saturated carbocycles. The van der Waals surface area contributed by atoms with Gasteiger partial charge in [-0.3, -0.25) is 4.79 Å². The molecule has 0 aliphatic heterocycles. The van der Waals surface area contributed by atoms with Crippen molar-refractivity contribution in [1.29, 1.82) is 0 Å². The Morgan fingerprint density at radius 2 is 1.90 bits per heavy atom. The highest BCUT2D eigenvalue weighted by molar-refractivity contribution is 7.99. The molecule has 1 unspecified atom stereocenters. The maximum Gasteiger partial charge on any atom is 0.326 e. The third-order valence-electron chi connectivity index (χ3n) is 3.37. The Hall–Kier alpha value is -1.00. The van der Waals surface area contributed by atoms with E-state index in [0.29, 0.717) is 18.3 Å². The predicted octanol–water partition coefficient (Wildman–Crippen LogP) is 3.83. The van der Waals surface area contributed by atoms with Crippen LogP contribution in [0.1, 0.15) is 46.1 Å². The number of thioether (sulfide) groups is 1. The topological polar surface area (TPSA) is 38.3 Å². The van der Waals surface area contributed by atoms with Gasteiger partial charge in [0.05, 0.1) is 6.61 Å². The van der Waals surface area contributed by atoms with E-state index in [9.17, 15) is 4.79 Å². The summed E-state index contributed by atoms with van der Waals surface area (Å²) in [5.74, 6) is 1.01. The quantitative estimate of drug-likeness (QED) is 0.585. The summed E-state index contributed by atoms with van der Waals surface area (Å²) in [4.78, 5) is 13.3. The number of rotatable bonds is 8. The van der Waals surface area contributed by atoms with Crippen LogP contribution in [0.15, 0.2) is 29.2 Å². The van der Waals surface area contributed by atoms with Crippen LogP contribution in [-0.4, -0.2) is 30.4 Å². The van der Waals surface area contributed by atoms with Crippen molar-refractivity contribution in [3.63, 3.8) is 0 Å². The molecule has 1 aromatic rings. The van der Waals surface area contributed by atoms with E-state index >= 15 is 0 Å². The highest BCUT2D eigenvalue weighted by Crippen LogP contribution is 2.25. The van der Waals surface area contributed by atoms with Gasteiger partial charge in [-0.25, -0.2) is 0 Å². The molecule has 1 aromatic carbocycles. The third-order valence-corrected chi connectivity index (χ3v) is 4.69. The number of ether oxygens (including phenoxy) is 1. The highest BCUT2D eigenvalue weighted by atomic mass is 32.2. The number of esters is 1. The minimum Gasteiger partial charge on any atom is -0.465 e. The molecule has 1 rings (SSSR count). The van der Waals surface area contributed by atoms with Crippen LogP contribution in [0.25, 0.3) is 0 Å². The molecule has 4 heteroatoms. The van der Waals surface area contributed by atoms with Crippen molar-refractivity contribution in [1.82, 2.24) is 5.32 Å². The van der Waals surface area contributed by atoms with Gasteiger partial charge in [-0.05, 0) is 44.0 Å². The number of benzene rings is 1. The zero-order valence-electron chi connectivity index (χ0n) is 13.7. The molecule has 0 aromatic heterocycles. The molecular weight excluding hydrogens is 282 g/mol. The smallest absolute Gasteiger partial charge is 0.326 e. The second-order valence-electron chi connectivity index (χ2n) is 5.60. The lowest BCUT2D eigenvalue weighted by Crippen LogP contribution is -2.52. The van der Waals surface area contributed by atoms with Crippen molar-refractivity contribution in [2.24, 2.45) is 0 Å². The predicted molar refractivity (Wildman–Crippen MR) is 90.0 cm³/mol. The van der Waals surface area contributed by atoms with Crippen LogP contribution >= 0.6 is 11.8 Å². The summed E-state index contributed by atoms with van der Waals surface area (Å²) < 4.78 is 5.18. The fourth-order valence-electron chi connectivity index (χ4n) is 2.04. The van der Waals surface area contributed by atoms with Crippen molar-refractivity contribution in [2.75, 3.05) is 18.9 Å². The van der Waals surface area contributed by atoms with Crippen molar-refractivity contribution in [2.45, 2.75) is 51.0 Å². The summed E-state index contributed by atoms with van der Waals surface area (Å²) in [6.45, 7) is 11.3.